The van der Waals surface area contributed by atoms with Gasteiger partial charge in [0.2, 0.25) is 5.89 Å². The number of carbonyl (C=O) groups excluding carboxylic acids is 1. The van der Waals surface area contributed by atoms with Crippen molar-refractivity contribution in [3.8, 4) is 0 Å². The summed E-state index contributed by atoms with van der Waals surface area (Å²) in [6, 6.07) is 19.4. The summed E-state index contributed by atoms with van der Waals surface area (Å²) >= 11 is 1.96. The van der Waals surface area contributed by atoms with E-state index in [1.807, 2.05) is 88.7 Å². The highest BCUT2D eigenvalue weighted by molar-refractivity contribution is 14.1. The van der Waals surface area contributed by atoms with E-state index in [4.69, 9.17) is 25.8 Å². The van der Waals surface area contributed by atoms with Gasteiger partial charge in [0, 0.05) is 14.6 Å². The number of benzene rings is 2. The van der Waals surface area contributed by atoms with Crippen LogP contribution in [0.25, 0.3) is 0 Å². The number of carbonyl (C=O) groups is 1. The first kappa shape index (κ1) is 30.6. The number of nitrogens with two attached hydrogens (primary N) is 1. The maximum Gasteiger partial charge on any atom is 0.434 e. The van der Waals surface area contributed by atoms with Crippen molar-refractivity contribution in [2.24, 2.45) is 5.84 Å². The fourth-order valence-corrected chi connectivity index (χ4v) is 2.78. The van der Waals surface area contributed by atoms with Crippen LogP contribution in [0.15, 0.2) is 69.9 Å². The number of rotatable bonds is 8. The molecule has 37 heavy (non-hydrogen) atoms. The van der Waals surface area contributed by atoms with Crippen molar-refractivity contribution in [3.63, 3.8) is 0 Å². The van der Waals surface area contributed by atoms with Crippen LogP contribution in [0.1, 0.15) is 51.2 Å². The first-order valence-corrected chi connectivity index (χ1v) is 13.2. The van der Waals surface area contributed by atoms with Crippen LogP contribution in [0.4, 0.5) is 0 Å². The van der Waals surface area contributed by atoms with Gasteiger partial charge >= 0.3 is 5.76 Å². The summed E-state index contributed by atoms with van der Waals surface area (Å²) < 4.78 is 26.7. The molecule has 0 aliphatic carbocycles. The number of nitrogens with zero attached hydrogens (tertiary/aromatic N) is 1. The molecule has 2 atom stereocenters. The molecule has 1 saturated heterocycles. The molecular weight excluding hydrogens is 591 g/mol. The molecular formula is C26H37IN4O6. The Bertz CT molecular complexity index is 1030. The van der Waals surface area contributed by atoms with Crippen LogP contribution in [0.3, 0.4) is 0 Å². The zero-order valence-corrected chi connectivity index (χ0v) is 23.4. The maximum absolute atomic E-state index is 11.0. The number of hydrogen-bond acceptors (Lipinski definition) is 8. The van der Waals surface area contributed by atoms with Crippen LogP contribution in [0.5, 0.6) is 0 Å². The highest BCUT2D eigenvalue weighted by atomic mass is 127. The lowest BCUT2D eigenvalue weighted by atomic mass is 10.2. The van der Waals surface area contributed by atoms with Gasteiger partial charge in [0.1, 0.15) is 12.2 Å². The lowest BCUT2D eigenvalue weighted by Crippen LogP contribution is -2.38. The van der Waals surface area contributed by atoms with Gasteiger partial charge in [-0.25, -0.2) is 15.7 Å². The minimum atomic E-state index is -0.565. The molecule has 3 aromatic rings. The van der Waals surface area contributed by atoms with Crippen molar-refractivity contribution in [2.45, 2.75) is 52.1 Å². The first-order valence-electron chi connectivity index (χ1n) is 12.4. The van der Waals surface area contributed by atoms with Gasteiger partial charge in [-0.15, -0.1) is 5.10 Å². The highest BCUT2D eigenvalue weighted by Crippen LogP contribution is 2.14. The SMILES string of the molecule is C1CCOC1.C[C@@H](OCc1ccccc1)C(=O)NN.C[C@@H](OCc1ccccc1)c1n[nH]c(=O)o1.[2H]CI. The summed E-state index contributed by atoms with van der Waals surface area (Å²) in [4.78, 5) is 22.2. The number of aromatic nitrogens is 2. The number of nitrogens with one attached hydrogen (secondary N) is 2. The van der Waals surface area contributed by atoms with Crippen LogP contribution < -0.4 is 17.0 Å². The largest absolute Gasteiger partial charge is 0.434 e. The lowest BCUT2D eigenvalue weighted by molar-refractivity contribution is -0.132. The van der Waals surface area contributed by atoms with Crippen LogP contribution in [0.2, 0.25) is 0 Å². The molecule has 0 radical (unpaired) electrons. The van der Waals surface area contributed by atoms with E-state index in [1.54, 1.807) is 13.8 Å². The number of H-pyrrole nitrogens is 1. The Morgan fingerprint density at radius 1 is 1.08 bits per heavy atom. The minimum Gasteiger partial charge on any atom is -0.390 e. The van der Waals surface area contributed by atoms with Gasteiger partial charge in [0.15, 0.2) is 0 Å². The van der Waals surface area contributed by atoms with Crippen LogP contribution in [-0.4, -0.2) is 40.3 Å². The molecule has 1 aliphatic rings. The van der Waals surface area contributed by atoms with Gasteiger partial charge in [0.05, 0.1) is 13.2 Å². The Morgan fingerprint density at radius 2 is 1.59 bits per heavy atom. The van der Waals surface area contributed by atoms with Crippen molar-refractivity contribution >= 4 is 28.5 Å². The topological polar surface area (TPSA) is 142 Å². The molecule has 2 aromatic carbocycles. The molecule has 0 saturated carbocycles. The van der Waals surface area contributed by atoms with Gasteiger partial charge in [-0.2, -0.15) is 0 Å². The van der Waals surface area contributed by atoms with Crippen LogP contribution in [-0.2, 0) is 32.2 Å². The Hall–Kier alpha value is -2.58. The van der Waals surface area contributed by atoms with Crippen molar-refractivity contribution in [1.29, 1.82) is 0 Å². The average molecular weight is 630 g/mol. The molecule has 1 fully saturated rings. The Labute approximate surface area is 232 Å². The molecule has 0 unspecified atom stereocenters. The van der Waals surface area contributed by atoms with Crippen molar-refractivity contribution in [1.82, 2.24) is 15.6 Å². The molecule has 204 valence electrons. The van der Waals surface area contributed by atoms with Crippen LogP contribution in [0, 0.1) is 0 Å². The fourth-order valence-electron chi connectivity index (χ4n) is 2.78. The predicted octanol–water partition coefficient (Wildman–Crippen LogP) is 4.07. The van der Waals surface area contributed by atoms with E-state index in [0.29, 0.717) is 18.1 Å². The summed E-state index contributed by atoms with van der Waals surface area (Å²) in [5.74, 6) is 4.34. The summed E-state index contributed by atoms with van der Waals surface area (Å²) in [5, 5.41) is 5.89. The summed E-state index contributed by atoms with van der Waals surface area (Å²) in [7, 11) is 0. The van der Waals surface area contributed by atoms with E-state index in [-0.39, 0.29) is 17.9 Å². The van der Waals surface area contributed by atoms with Crippen molar-refractivity contribution in [2.75, 3.05) is 18.1 Å². The van der Waals surface area contributed by atoms with E-state index in [9.17, 15) is 9.59 Å². The number of hydrazine groups is 1. The second kappa shape index (κ2) is 20.5. The Kier molecular flexibility index (Phi) is 17.0. The van der Waals surface area contributed by atoms with E-state index >= 15 is 0 Å². The van der Waals surface area contributed by atoms with Gasteiger partial charge in [-0.1, -0.05) is 83.3 Å². The Balaban J connectivity index is 0.000000297. The summed E-state index contributed by atoms with van der Waals surface area (Å²) in [5.41, 5.74) is 4.13. The van der Waals surface area contributed by atoms with Gasteiger partial charge in [-0.3, -0.25) is 10.2 Å². The van der Waals surface area contributed by atoms with Gasteiger partial charge in [-0.05, 0) is 42.7 Å². The van der Waals surface area contributed by atoms with E-state index in [1.165, 1.54) is 12.8 Å². The number of ether oxygens (including phenoxy) is 3. The fraction of sp³-hybridized carbons (Fsp3) is 0.423. The molecule has 1 amide bonds. The molecule has 1 aliphatic heterocycles. The standard InChI is InChI=1S/C11H12N2O3.C10H14N2O2.C4H8O.CH3I/c1-8(10-12-13-11(14)16-10)15-7-9-5-3-2-4-6-9;1-8(10(13)12-11)14-7-9-5-3-2-4-6-9;1-2-4-5-3-1;1-2/h2-6,8H,7H2,1H3,(H,13,14);2-6,8H,7,11H2,1H3,(H,12,13);1-4H2;1H3/t2*8-;;/m11../s1/i;;;1D. The molecule has 4 N–H and O–H groups in total. The number of alkyl halides is 1. The number of aromatic amines is 1. The third-order valence-corrected chi connectivity index (χ3v) is 4.83. The number of hydrogen-bond donors (Lipinski definition) is 3. The average Bonchev–Trinajstić information content (AvgIpc) is 3.67. The summed E-state index contributed by atoms with van der Waals surface area (Å²) in [6.07, 6.45) is 1.68. The zero-order valence-electron chi connectivity index (χ0n) is 22.2. The summed E-state index contributed by atoms with van der Waals surface area (Å²) in [6.45, 7) is 6.31. The predicted molar refractivity (Wildman–Crippen MR) is 150 cm³/mol. The van der Waals surface area contributed by atoms with Gasteiger partial charge < -0.3 is 18.6 Å². The second-order valence-electron chi connectivity index (χ2n) is 7.66. The molecule has 2 heterocycles. The smallest absolute Gasteiger partial charge is 0.390 e. The third kappa shape index (κ3) is 14.7. The molecule has 4 rings (SSSR count). The van der Waals surface area contributed by atoms with E-state index in [0.717, 1.165) is 24.3 Å². The maximum atomic E-state index is 11.0. The highest BCUT2D eigenvalue weighted by Gasteiger charge is 2.12. The van der Waals surface area contributed by atoms with Crippen molar-refractivity contribution in [3.05, 3.63) is 88.2 Å². The number of amides is 1. The minimum absolute atomic E-state index is 0.265. The lowest BCUT2D eigenvalue weighted by Gasteiger charge is -2.10. The van der Waals surface area contributed by atoms with Crippen LogP contribution >= 0.6 is 22.6 Å². The monoisotopic (exact) mass is 629 g/mol. The van der Waals surface area contributed by atoms with E-state index < -0.39 is 11.9 Å². The first-order chi connectivity index (χ1) is 18.4. The van der Waals surface area contributed by atoms with Crippen molar-refractivity contribution < 1.29 is 24.8 Å². The Morgan fingerprint density at radius 3 is 2.00 bits per heavy atom. The second-order valence-corrected chi connectivity index (χ2v) is 7.66. The molecule has 10 nitrogen and oxygen atoms in total. The molecule has 1 aromatic heterocycles. The molecule has 11 heteroatoms. The third-order valence-electron chi connectivity index (χ3n) is 4.83. The normalized spacial score (nSPS) is 13.8. The van der Waals surface area contributed by atoms with Gasteiger partial charge in [0.25, 0.3) is 5.91 Å². The quantitative estimate of drug-likeness (QED) is 0.111. The molecule has 0 bridgehead atoms. The van der Waals surface area contributed by atoms with E-state index in [2.05, 4.69) is 10.2 Å². The zero-order chi connectivity index (χ0) is 28.0. The molecule has 0 spiro atoms. The number of halogens is 1.